The van der Waals surface area contributed by atoms with Gasteiger partial charge >= 0.3 is 0 Å². The Balaban J connectivity index is 1.85. The van der Waals surface area contributed by atoms with Gasteiger partial charge in [0, 0.05) is 11.1 Å². The molecule has 1 unspecified atom stereocenters. The lowest BCUT2D eigenvalue weighted by Gasteiger charge is -2.42. The molecule has 3 rings (SSSR count). The molecule has 2 fully saturated rings. The summed E-state index contributed by atoms with van der Waals surface area (Å²) >= 11 is 5.95. The Kier molecular flexibility index (Phi) is 4.27. The Bertz CT molecular complexity index is 468. The average Bonchev–Trinajstić information content (AvgIpc) is 2.49. The third kappa shape index (κ3) is 2.84. The molecule has 1 aromatic rings. The number of carbonyl (C=O) groups is 1. The quantitative estimate of drug-likeness (QED) is 0.834. The maximum Gasteiger partial charge on any atom is 0.249 e. The molecule has 0 spiro atoms. The lowest BCUT2D eigenvalue weighted by molar-refractivity contribution is -0.153. The molecular formula is C16H20ClNO2. The molecule has 1 atom stereocenters. The molecule has 0 aromatic heterocycles. The van der Waals surface area contributed by atoms with Crippen LogP contribution in [0.5, 0.6) is 0 Å². The van der Waals surface area contributed by atoms with Gasteiger partial charge in [-0.1, -0.05) is 43.0 Å². The standard InChI is InChI=1S/C16H20ClNO2/c17-13-8-6-12(7-9-13)15-10-20-11-16(19)18(15)14-4-2-1-3-5-14/h6-9,14-15H,1-5,10-11H2. The van der Waals surface area contributed by atoms with Gasteiger partial charge in [-0.05, 0) is 30.5 Å². The van der Waals surface area contributed by atoms with Crippen molar-refractivity contribution in [2.45, 2.75) is 44.2 Å². The molecule has 4 heteroatoms. The van der Waals surface area contributed by atoms with Crippen molar-refractivity contribution in [3.8, 4) is 0 Å². The first kappa shape index (κ1) is 13.9. The second kappa shape index (κ2) is 6.15. The molecule has 0 bridgehead atoms. The Hall–Kier alpha value is -1.06. The third-order valence-corrected chi connectivity index (χ3v) is 4.60. The largest absolute Gasteiger partial charge is 0.369 e. The van der Waals surface area contributed by atoms with Crippen molar-refractivity contribution < 1.29 is 9.53 Å². The number of amides is 1. The van der Waals surface area contributed by atoms with Gasteiger partial charge in [-0.25, -0.2) is 0 Å². The van der Waals surface area contributed by atoms with E-state index < -0.39 is 0 Å². The van der Waals surface area contributed by atoms with E-state index in [1.807, 2.05) is 24.3 Å². The summed E-state index contributed by atoms with van der Waals surface area (Å²) in [5, 5.41) is 0.723. The number of morpholine rings is 1. The minimum atomic E-state index is 0.0385. The molecule has 3 nitrogen and oxygen atoms in total. The van der Waals surface area contributed by atoms with Crippen molar-refractivity contribution in [2.24, 2.45) is 0 Å². The summed E-state index contributed by atoms with van der Waals surface area (Å²) in [4.78, 5) is 14.4. The molecule has 1 aromatic carbocycles. The number of carbonyl (C=O) groups excluding carboxylic acids is 1. The highest BCUT2D eigenvalue weighted by molar-refractivity contribution is 6.30. The van der Waals surface area contributed by atoms with E-state index in [9.17, 15) is 4.79 Å². The number of halogens is 1. The SMILES string of the molecule is O=C1COCC(c2ccc(Cl)cc2)N1C1CCCCC1. The first-order chi connectivity index (χ1) is 9.75. The Labute approximate surface area is 124 Å². The second-order valence-electron chi connectivity index (χ2n) is 5.68. The Morgan fingerprint density at radius 2 is 1.80 bits per heavy atom. The maximum atomic E-state index is 12.3. The summed E-state index contributed by atoms with van der Waals surface area (Å²) in [6, 6.07) is 8.19. The van der Waals surface area contributed by atoms with Crippen LogP contribution in [0.3, 0.4) is 0 Å². The number of benzene rings is 1. The highest BCUT2D eigenvalue weighted by atomic mass is 35.5. The van der Waals surface area contributed by atoms with E-state index in [0.717, 1.165) is 23.4 Å². The summed E-state index contributed by atoms with van der Waals surface area (Å²) < 4.78 is 5.48. The molecular weight excluding hydrogens is 274 g/mol. The van der Waals surface area contributed by atoms with E-state index in [1.165, 1.54) is 19.3 Å². The maximum absolute atomic E-state index is 12.3. The second-order valence-corrected chi connectivity index (χ2v) is 6.11. The molecule has 1 saturated heterocycles. The van der Waals surface area contributed by atoms with Gasteiger partial charge < -0.3 is 9.64 Å². The Morgan fingerprint density at radius 3 is 2.50 bits per heavy atom. The molecule has 1 heterocycles. The Morgan fingerprint density at radius 1 is 1.10 bits per heavy atom. The minimum Gasteiger partial charge on any atom is -0.369 e. The summed E-state index contributed by atoms with van der Waals surface area (Å²) in [5.74, 6) is 0.128. The van der Waals surface area contributed by atoms with Gasteiger partial charge in [0.15, 0.2) is 0 Å². The predicted molar refractivity (Wildman–Crippen MR) is 78.7 cm³/mol. The molecule has 20 heavy (non-hydrogen) atoms. The van der Waals surface area contributed by atoms with Crippen LogP contribution in [0.1, 0.15) is 43.7 Å². The van der Waals surface area contributed by atoms with Gasteiger partial charge in [-0.15, -0.1) is 0 Å². The molecule has 1 saturated carbocycles. The molecule has 2 aliphatic rings. The van der Waals surface area contributed by atoms with Crippen molar-refractivity contribution in [3.63, 3.8) is 0 Å². The van der Waals surface area contributed by atoms with Crippen molar-refractivity contribution in [1.29, 1.82) is 0 Å². The number of hydrogen-bond donors (Lipinski definition) is 0. The van der Waals surface area contributed by atoms with Crippen LogP contribution in [0.2, 0.25) is 5.02 Å². The average molecular weight is 294 g/mol. The molecule has 108 valence electrons. The van der Waals surface area contributed by atoms with Crippen molar-refractivity contribution in [3.05, 3.63) is 34.9 Å². The van der Waals surface area contributed by atoms with E-state index in [-0.39, 0.29) is 18.6 Å². The number of nitrogens with zero attached hydrogens (tertiary/aromatic N) is 1. The van der Waals surface area contributed by atoms with Gasteiger partial charge in [0.2, 0.25) is 5.91 Å². The predicted octanol–water partition coefficient (Wildman–Crippen LogP) is 3.57. The fraction of sp³-hybridized carbons (Fsp3) is 0.562. The first-order valence-corrected chi connectivity index (χ1v) is 7.78. The van der Waals surface area contributed by atoms with E-state index in [0.29, 0.717) is 12.6 Å². The topological polar surface area (TPSA) is 29.5 Å². The normalized spacial score (nSPS) is 24.9. The van der Waals surface area contributed by atoms with Gasteiger partial charge in [0.25, 0.3) is 0 Å². The van der Waals surface area contributed by atoms with Gasteiger partial charge in [-0.2, -0.15) is 0 Å². The first-order valence-electron chi connectivity index (χ1n) is 7.40. The summed E-state index contributed by atoms with van der Waals surface area (Å²) in [6.07, 6.45) is 5.98. The molecule has 1 aliphatic carbocycles. The molecule has 1 aliphatic heterocycles. The van der Waals surface area contributed by atoms with Crippen LogP contribution in [-0.2, 0) is 9.53 Å². The van der Waals surface area contributed by atoms with E-state index in [4.69, 9.17) is 16.3 Å². The lowest BCUT2D eigenvalue weighted by atomic mass is 9.91. The third-order valence-electron chi connectivity index (χ3n) is 4.35. The lowest BCUT2D eigenvalue weighted by Crippen LogP contribution is -2.50. The van der Waals surface area contributed by atoms with Crippen LogP contribution in [0.4, 0.5) is 0 Å². The van der Waals surface area contributed by atoms with Crippen LogP contribution in [-0.4, -0.2) is 30.1 Å². The van der Waals surface area contributed by atoms with Crippen LogP contribution in [0, 0.1) is 0 Å². The van der Waals surface area contributed by atoms with Crippen molar-refractivity contribution >= 4 is 17.5 Å². The highest BCUT2D eigenvalue weighted by Gasteiger charge is 2.35. The summed E-state index contributed by atoms with van der Waals surface area (Å²) in [5.41, 5.74) is 1.12. The zero-order chi connectivity index (χ0) is 13.9. The smallest absolute Gasteiger partial charge is 0.249 e. The monoisotopic (exact) mass is 293 g/mol. The summed E-state index contributed by atoms with van der Waals surface area (Å²) in [7, 11) is 0. The van der Waals surface area contributed by atoms with Crippen LogP contribution < -0.4 is 0 Å². The number of ether oxygens (including phenoxy) is 1. The van der Waals surface area contributed by atoms with Crippen LogP contribution >= 0.6 is 11.6 Å². The number of hydrogen-bond acceptors (Lipinski definition) is 2. The molecule has 0 radical (unpaired) electrons. The van der Waals surface area contributed by atoms with Crippen molar-refractivity contribution in [2.75, 3.05) is 13.2 Å². The van der Waals surface area contributed by atoms with Gasteiger partial charge in [0.1, 0.15) is 6.61 Å². The minimum absolute atomic E-state index is 0.0385. The molecule has 0 N–H and O–H groups in total. The van der Waals surface area contributed by atoms with E-state index >= 15 is 0 Å². The van der Waals surface area contributed by atoms with Gasteiger partial charge in [-0.3, -0.25) is 4.79 Å². The fourth-order valence-corrected chi connectivity index (χ4v) is 3.47. The van der Waals surface area contributed by atoms with Crippen molar-refractivity contribution in [1.82, 2.24) is 4.90 Å². The summed E-state index contributed by atoms with van der Waals surface area (Å²) in [6.45, 7) is 0.810. The van der Waals surface area contributed by atoms with Gasteiger partial charge in [0.05, 0.1) is 12.6 Å². The highest BCUT2D eigenvalue weighted by Crippen LogP contribution is 2.33. The van der Waals surface area contributed by atoms with Crippen LogP contribution in [0.25, 0.3) is 0 Å². The van der Waals surface area contributed by atoms with E-state index in [1.54, 1.807) is 0 Å². The molecule has 1 amide bonds. The zero-order valence-electron chi connectivity index (χ0n) is 11.6. The van der Waals surface area contributed by atoms with E-state index in [2.05, 4.69) is 4.90 Å². The zero-order valence-corrected chi connectivity index (χ0v) is 12.3. The number of rotatable bonds is 2. The van der Waals surface area contributed by atoms with Crippen LogP contribution in [0.15, 0.2) is 24.3 Å². The fourth-order valence-electron chi connectivity index (χ4n) is 3.35.